The molecule has 0 heterocycles. The SMILES string of the molecule is [O]Sc1cccc2ccccc12. The van der Waals surface area contributed by atoms with Crippen molar-refractivity contribution in [3.8, 4) is 0 Å². The smallest absolute Gasteiger partial charge is 0.0701 e. The van der Waals surface area contributed by atoms with Crippen molar-refractivity contribution in [1.82, 2.24) is 0 Å². The van der Waals surface area contributed by atoms with Crippen molar-refractivity contribution in [2.75, 3.05) is 0 Å². The van der Waals surface area contributed by atoms with Crippen LogP contribution < -0.4 is 0 Å². The molecule has 0 amide bonds. The van der Waals surface area contributed by atoms with E-state index in [0.29, 0.717) is 12.0 Å². The quantitative estimate of drug-likeness (QED) is 0.609. The van der Waals surface area contributed by atoms with Crippen LogP contribution in [0.4, 0.5) is 0 Å². The lowest BCUT2D eigenvalue weighted by atomic mass is 10.1. The van der Waals surface area contributed by atoms with E-state index in [1.54, 1.807) is 0 Å². The Morgan fingerprint density at radius 1 is 0.917 bits per heavy atom. The molecule has 0 aliphatic heterocycles. The molecular formula is C10H7OS. The largest absolute Gasteiger partial charge is 0.145 e. The summed E-state index contributed by atoms with van der Waals surface area (Å²) < 4.78 is 10.7. The molecule has 0 aliphatic carbocycles. The Morgan fingerprint density at radius 2 is 1.67 bits per heavy atom. The molecule has 0 spiro atoms. The summed E-state index contributed by atoms with van der Waals surface area (Å²) in [6, 6.07) is 13.7. The Morgan fingerprint density at radius 3 is 2.50 bits per heavy atom. The first-order valence-corrected chi connectivity index (χ1v) is 4.43. The maximum atomic E-state index is 10.7. The van der Waals surface area contributed by atoms with Crippen molar-refractivity contribution in [1.29, 1.82) is 0 Å². The fourth-order valence-corrected chi connectivity index (χ4v) is 1.68. The maximum Gasteiger partial charge on any atom is 0.0701 e. The third-order valence-corrected chi connectivity index (χ3v) is 2.37. The van der Waals surface area contributed by atoms with Crippen LogP contribution in [0.5, 0.6) is 0 Å². The lowest BCUT2D eigenvalue weighted by Gasteiger charge is -1.99. The average Bonchev–Trinajstić information content (AvgIpc) is 2.17. The van der Waals surface area contributed by atoms with Gasteiger partial charge in [-0.2, -0.15) is 0 Å². The summed E-state index contributed by atoms with van der Waals surface area (Å²) in [5, 5.41) is 2.17. The van der Waals surface area contributed by atoms with Gasteiger partial charge in [-0.25, -0.2) is 0 Å². The average molecular weight is 175 g/mol. The second-order valence-electron chi connectivity index (χ2n) is 2.56. The number of hydrogen-bond donors (Lipinski definition) is 0. The molecule has 0 fully saturated rings. The summed E-state index contributed by atoms with van der Waals surface area (Å²) in [4.78, 5) is 0.799. The lowest BCUT2D eigenvalue weighted by molar-refractivity contribution is 0.532. The van der Waals surface area contributed by atoms with Crippen LogP contribution in [0.1, 0.15) is 0 Å². The minimum absolute atomic E-state index is 0.548. The van der Waals surface area contributed by atoms with E-state index in [0.717, 1.165) is 15.7 Å². The Balaban J connectivity index is 2.79. The van der Waals surface area contributed by atoms with Gasteiger partial charge in [0.2, 0.25) is 0 Å². The van der Waals surface area contributed by atoms with Crippen molar-refractivity contribution >= 4 is 22.8 Å². The molecule has 0 atom stereocenters. The summed E-state index contributed by atoms with van der Waals surface area (Å²) in [6.45, 7) is 0. The molecule has 2 aromatic rings. The van der Waals surface area contributed by atoms with Crippen LogP contribution in [0.2, 0.25) is 0 Å². The monoisotopic (exact) mass is 175 g/mol. The molecule has 0 N–H and O–H groups in total. The van der Waals surface area contributed by atoms with Gasteiger partial charge in [0, 0.05) is 4.90 Å². The molecule has 0 bridgehead atoms. The van der Waals surface area contributed by atoms with Gasteiger partial charge in [-0.1, -0.05) is 36.4 Å². The minimum atomic E-state index is 0.548. The normalized spacial score (nSPS) is 10.4. The number of hydrogen-bond acceptors (Lipinski definition) is 1. The van der Waals surface area contributed by atoms with Gasteiger partial charge in [-0.05, 0) is 16.8 Å². The fourth-order valence-electron chi connectivity index (χ4n) is 1.27. The molecule has 2 aromatic carbocycles. The Kier molecular flexibility index (Phi) is 2.02. The molecule has 0 saturated heterocycles. The second-order valence-corrected chi connectivity index (χ2v) is 3.17. The van der Waals surface area contributed by atoms with E-state index in [1.807, 2.05) is 42.5 Å². The fraction of sp³-hybridized carbons (Fsp3) is 0. The molecule has 0 aromatic heterocycles. The number of fused-ring (bicyclic) bond motifs is 1. The molecule has 12 heavy (non-hydrogen) atoms. The molecule has 1 radical (unpaired) electrons. The third-order valence-electron chi connectivity index (χ3n) is 1.84. The van der Waals surface area contributed by atoms with E-state index in [1.165, 1.54) is 0 Å². The third kappa shape index (κ3) is 1.19. The topological polar surface area (TPSA) is 19.9 Å². The van der Waals surface area contributed by atoms with Crippen molar-refractivity contribution in [2.24, 2.45) is 0 Å². The van der Waals surface area contributed by atoms with E-state index in [9.17, 15) is 4.55 Å². The highest BCUT2D eigenvalue weighted by molar-refractivity contribution is 7.93. The molecule has 0 aliphatic rings. The minimum Gasteiger partial charge on any atom is -0.145 e. The van der Waals surface area contributed by atoms with Crippen LogP contribution in [0.25, 0.3) is 10.8 Å². The second kappa shape index (κ2) is 3.17. The van der Waals surface area contributed by atoms with E-state index >= 15 is 0 Å². The van der Waals surface area contributed by atoms with Crippen LogP contribution in [0.15, 0.2) is 47.4 Å². The molecule has 2 rings (SSSR count). The standard InChI is InChI=1S/C10H7OS/c11-12-10-7-3-5-8-4-1-2-6-9(8)10/h1-7H. The van der Waals surface area contributed by atoms with Crippen LogP contribution in [-0.4, -0.2) is 0 Å². The lowest BCUT2D eigenvalue weighted by Crippen LogP contribution is -1.74. The highest BCUT2D eigenvalue weighted by atomic mass is 32.2. The van der Waals surface area contributed by atoms with Gasteiger partial charge in [0.05, 0.1) is 12.0 Å². The molecule has 2 heteroatoms. The highest BCUT2D eigenvalue weighted by Crippen LogP contribution is 2.25. The zero-order valence-corrected chi connectivity index (χ0v) is 7.17. The van der Waals surface area contributed by atoms with E-state index in [-0.39, 0.29) is 0 Å². The van der Waals surface area contributed by atoms with Crippen LogP contribution in [-0.2, 0) is 4.55 Å². The van der Waals surface area contributed by atoms with Crippen molar-refractivity contribution in [3.05, 3.63) is 42.5 Å². The summed E-state index contributed by atoms with van der Waals surface area (Å²) in [5.74, 6) is 0. The van der Waals surface area contributed by atoms with Gasteiger partial charge in [0.25, 0.3) is 0 Å². The summed E-state index contributed by atoms with van der Waals surface area (Å²) in [7, 11) is 0. The number of rotatable bonds is 1. The summed E-state index contributed by atoms with van der Waals surface area (Å²) in [6.07, 6.45) is 0. The molecule has 0 unspecified atom stereocenters. The van der Waals surface area contributed by atoms with E-state index in [4.69, 9.17) is 0 Å². The first kappa shape index (κ1) is 7.65. The van der Waals surface area contributed by atoms with Gasteiger partial charge < -0.3 is 0 Å². The van der Waals surface area contributed by atoms with Crippen molar-refractivity contribution in [2.45, 2.75) is 4.90 Å². The zero-order valence-electron chi connectivity index (χ0n) is 6.36. The molecule has 59 valence electrons. The zero-order chi connectivity index (χ0) is 8.39. The van der Waals surface area contributed by atoms with Crippen LogP contribution in [0.3, 0.4) is 0 Å². The first-order valence-electron chi connectivity index (χ1n) is 3.69. The van der Waals surface area contributed by atoms with E-state index < -0.39 is 0 Å². The van der Waals surface area contributed by atoms with Crippen LogP contribution in [0, 0.1) is 0 Å². The molecule has 1 nitrogen and oxygen atoms in total. The van der Waals surface area contributed by atoms with Gasteiger partial charge in [-0.3, -0.25) is 0 Å². The predicted molar refractivity (Wildman–Crippen MR) is 50.5 cm³/mol. The van der Waals surface area contributed by atoms with Crippen molar-refractivity contribution in [3.63, 3.8) is 0 Å². The van der Waals surface area contributed by atoms with Gasteiger partial charge in [0.1, 0.15) is 0 Å². The first-order chi connectivity index (χ1) is 5.92. The Bertz CT molecular complexity index is 392. The van der Waals surface area contributed by atoms with Crippen LogP contribution >= 0.6 is 12.0 Å². The Labute approximate surface area is 75.2 Å². The maximum absolute atomic E-state index is 10.7. The van der Waals surface area contributed by atoms with E-state index in [2.05, 4.69) is 0 Å². The van der Waals surface area contributed by atoms with Crippen molar-refractivity contribution < 1.29 is 4.55 Å². The van der Waals surface area contributed by atoms with Gasteiger partial charge in [0.15, 0.2) is 0 Å². The molecule has 0 saturated carbocycles. The predicted octanol–water partition coefficient (Wildman–Crippen LogP) is 3.28. The summed E-state index contributed by atoms with van der Waals surface area (Å²) >= 11 is 0.548. The Hall–Kier alpha value is -0.990. The summed E-state index contributed by atoms with van der Waals surface area (Å²) in [5.41, 5.74) is 0. The highest BCUT2D eigenvalue weighted by Gasteiger charge is 1.98. The molecular weight excluding hydrogens is 168 g/mol. The number of benzene rings is 2. The van der Waals surface area contributed by atoms with Gasteiger partial charge in [-0.15, -0.1) is 4.55 Å². The van der Waals surface area contributed by atoms with Gasteiger partial charge >= 0.3 is 0 Å².